The number of imide groups is 2. The van der Waals surface area contributed by atoms with Crippen molar-refractivity contribution in [3.63, 3.8) is 0 Å². The van der Waals surface area contributed by atoms with E-state index in [9.17, 15) is 23.7 Å². The molecule has 0 N–H and O–H groups in total. The molecule has 2 heterocycles. The molecule has 0 unspecified atom stereocenters. The number of rotatable bonds is 4. The van der Waals surface area contributed by atoms with Gasteiger partial charge in [0.2, 0.25) is 0 Å². The highest BCUT2D eigenvalue weighted by Crippen LogP contribution is 2.30. The average molecular weight is 271 g/mol. The van der Waals surface area contributed by atoms with Crippen molar-refractivity contribution in [1.29, 1.82) is 0 Å². The van der Waals surface area contributed by atoms with E-state index in [2.05, 4.69) is 9.25 Å². The Bertz CT molecular complexity index is 456. The summed E-state index contributed by atoms with van der Waals surface area (Å²) in [5, 5.41) is 0.383. The minimum absolute atomic E-state index is 0.192. The van der Waals surface area contributed by atoms with Gasteiger partial charge in [0, 0.05) is 38.1 Å². The number of hydroxylamine groups is 4. The Morgan fingerprint density at radius 1 is 0.722 bits per heavy atom. The van der Waals surface area contributed by atoms with Gasteiger partial charge in [0.25, 0.3) is 23.6 Å². The maximum Gasteiger partial charge on any atom is 0.747 e. The van der Waals surface area contributed by atoms with Crippen LogP contribution in [0.1, 0.15) is 0 Å². The van der Waals surface area contributed by atoms with Crippen LogP contribution in [0.25, 0.3) is 0 Å². The van der Waals surface area contributed by atoms with Crippen molar-refractivity contribution in [2.24, 2.45) is 0 Å². The standard InChI is InChI=1S/C8H4N2O7P/c11-5-1-2-6(12)9(5)16-18(15)17-10-7(13)3-4-8(10)14/h1-4H/q+1. The Morgan fingerprint density at radius 3 is 1.28 bits per heavy atom. The molecule has 92 valence electrons. The Hall–Kier alpha value is -2.22. The zero-order valence-corrected chi connectivity index (χ0v) is 9.40. The molecule has 2 aliphatic rings. The predicted octanol–water partition coefficient (Wildman–Crippen LogP) is -0.643. The van der Waals surface area contributed by atoms with Crippen LogP contribution in [0.5, 0.6) is 0 Å². The smallest absolute Gasteiger partial charge is 0.267 e. The van der Waals surface area contributed by atoms with E-state index in [0.29, 0.717) is 0 Å². The monoisotopic (exact) mass is 271 g/mol. The lowest BCUT2D eigenvalue weighted by Gasteiger charge is -2.05. The molecule has 0 aromatic rings. The molecule has 10 heteroatoms. The van der Waals surface area contributed by atoms with Gasteiger partial charge < -0.3 is 0 Å². The Labute approximate surface area is 100 Å². The summed E-state index contributed by atoms with van der Waals surface area (Å²) in [4.78, 5) is 44.1. The summed E-state index contributed by atoms with van der Waals surface area (Å²) >= 11 is 0. The number of hydrogen-bond acceptors (Lipinski definition) is 7. The summed E-state index contributed by atoms with van der Waals surface area (Å²) in [6.45, 7) is 0. The molecule has 18 heavy (non-hydrogen) atoms. The van der Waals surface area contributed by atoms with E-state index in [1.165, 1.54) is 0 Å². The predicted molar refractivity (Wildman–Crippen MR) is 51.8 cm³/mol. The van der Waals surface area contributed by atoms with Crippen LogP contribution in [0.4, 0.5) is 0 Å². The third-order valence-corrected chi connectivity index (χ3v) is 2.43. The fourth-order valence-corrected chi connectivity index (χ4v) is 1.70. The van der Waals surface area contributed by atoms with Crippen LogP contribution < -0.4 is 0 Å². The summed E-state index contributed by atoms with van der Waals surface area (Å²) in [6.07, 6.45) is 3.61. The maximum atomic E-state index is 11.3. The van der Waals surface area contributed by atoms with Gasteiger partial charge in [-0.1, -0.05) is 10.1 Å². The van der Waals surface area contributed by atoms with Crippen molar-refractivity contribution < 1.29 is 33.0 Å². The molecular formula is C8H4N2O7P+. The van der Waals surface area contributed by atoms with E-state index in [1.54, 1.807) is 0 Å². The number of hydrogen-bond donors (Lipinski definition) is 0. The topological polar surface area (TPSA) is 110 Å². The van der Waals surface area contributed by atoms with Crippen LogP contribution in [0.15, 0.2) is 24.3 Å². The third kappa shape index (κ3) is 2.23. The van der Waals surface area contributed by atoms with Crippen LogP contribution in [-0.4, -0.2) is 33.8 Å². The third-order valence-electron chi connectivity index (χ3n) is 1.83. The fourth-order valence-electron chi connectivity index (χ4n) is 1.08. The highest BCUT2D eigenvalue weighted by molar-refractivity contribution is 7.33. The summed E-state index contributed by atoms with van der Waals surface area (Å²) in [5.41, 5.74) is 0. The minimum Gasteiger partial charge on any atom is -0.267 e. The highest BCUT2D eigenvalue weighted by atomic mass is 31.1. The van der Waals surface area contributed by atoms with Gasteiger partial charge in [-0.3, -0.25) is 19.2 Å². The Balaban J connectivity index is 1.94. The molecule has 0 saturated heterocycles. The molecule has 0 radical (unpaired) electrons. The van der Waals surface area contributed by atoms with Gasteiger partial charge in [0.05, 0.1) is 0 Å². The lowest BCUT2D eigenvalue weighted by molar-refractivity contribution is -0.172. The fraction of sp³-hybridized carbons (Fsp3) is 0. The van der Waals surface area contributed by atoms with Gasteiger partial charge in [-0.25, -0.2) is 0 Å². The Kier molecular flexibility index (Phi) is 3.11. The zero-order chi connectivity index (χ0) is 13.3. The number of nitrogens with zero attached hydrogens (tertiary/aromatic N) is 2. The molecule has 0 aromatic carbocycles. The average Bonchev–Trinajstić information content (AvgIpc) is 2.79. The first-order valence-corrected chi connectivity index (χ1v) is 5.54. The van der Waals surface area contributed by atoms with Crippen molar-refractivity contribution in [2.45, 2.75) is 0 Å². The highest BCUT2D eigenvalue weighted by Gasteiger charge is 2.41. The molecule has 4 amide bonds. The molecule has 0 atom stereocenters. The van der Waals surface area contributed by atoms with Crippen molar-refractivity contribution in [1.82, 2.24) is 10.1 Å². The summed E-state index contributed by atoms with van der Waals surface area (Å²) < 4.78 is 20.1. The minimum atomic E-state index is -3.07. The van der Waals surface area contributed by atoms with Gasteiger partial charge in [0.1, 0.15) is 0 Å². The second-order valence-corrected chi connectivity index (χ2v) is 3.77. The first-order valence-electron chi connectivity index (χ1n) is 4.45. The number of carbonyl (C=O) groups is 4. The van der Waals surface area contributed by atoms with Crippen molar-refractivity contribution >= 4 is 31.9 Å². The van der Waals surface area contributed by atoms with Gasteiger partial charge in [0.15, 0.2) is 0 Å². The van der Waals surface area contributed by atoms with E-state index < -0.39 is 31.9 Å². The molecule has 0 spiro atoms. The normalized spacial score (nSPS) is 18.4. The number of carbonyl (C=O) groups excluding carboxylic acids is 4. The molecule has 2 aliphatic heterocycles. The summed E-state index contributed by atoms with van der Waals surface area (Å²) in [6, 6.07) is 0. The van der Waals surface area contributed by atoms with Crippen LogP contribution in [0.2, 0.25) is 0 Å². The molecule has 0 saturated carbocycles. The van der Waals surface area contributed by atoms with Gasteiger partial charge >= 0.3 is 8.25 Å². The number of amides is 4. The molecule has 2 rings (SSSR count). The first kappa shape index (κ1) is 12.2. The molecule has 0 fully saturated rings. The van der Waals surface area contributed by atoms with E-state index >= 15 is 0 Å². The van der Waals surface area contributed by atoms with Gasteiger partial charge in [-0.15, -0.1) is 0 Å². The zero-order valence-electron chi connectivity index (χ0n) is 8.51. The Morgan fingerprint density at radius 2 is 1.00 bits per heavy atom. The van der Waals surface area contributed by atoms with E-state index in [0.717, 1.165) is 24.3 Å². The molecule has 0 aliphatic carbocycles. The molecular weight excluding hydrogens is 267 g/mol. The molecule has 0 aromatic heterocycles. The van der Waals surface area contributed by atoms with Crippen molar-refractivity contribution in [2.75, 3.05) is 0 Å². The quantitative estimate of drug-likeness (QED) is 0.493. The second kappa shape index (κ2) is 4.57. The van der Waals surface area contributed by atoms with Gasteiger partial charge in [-0.05, 0) is 0 Å². The van der Waals surface area contributed by atoms with Crippen LogP contribution in [0.3, 0.4) is 0 Å². The van der Waals surface area contributed by atoms with Crippen LogP contribution in [-0.2, 0) is 33.0 Å². The maximum absolute atomic E-state index is 11.3. The first-order chi connectivity index (χ1) is 8.49. The van der Waals surface area contributed by atoms with E-state index in [-0.39, 0.29) is 10.1 Å². The second-order valence-electron chi connectivity index (χ2n) is 3.00. The molecule has 9 nitrogen and oxygen atoms in total. The van der Waals surface area contributed by atoms with E-state index in [4.69, 9.17) is 0 Å². The largest absolute Gasteiger partial charge is 0.747 e. The molecule has 0 bridgehead atoms. The van der Waals surface area contributed by atoms with E-state index in [1.807, 2.05) is 0 Å². The van der Waals surface area contributed by atoms with Gasteiger partial charge in [-0.2, -0.15) is 0 Å². The lowest BCUT2D eigenvalue weighted by atomic mass is 10.6. The summed E-state index contributed by atoms with van der Waals surface area (Å²) in [5.74, 6) is -3.37. The van der Waals surface area contributed by atoms with Crippen molar-refractivity contribution in [3.8, 4) is 0 Å². The van der Waals surface area contributed by atoms with Crippen LogP contribution >= 0.6 is 8.25 Å². The van der Waals surface area contributed by atoms with Crippen molar-refractivity contribution in [3.05, 3.63) is 24.3 Å². The summed E-state index contributed by atoms with van der Waals surface area (Å²) in [7, 11) is -3.07. The van der Waals surface area contributed by atoms with Crippen LogP contribution in [0, 0.1) is 0 Å². The SMILES string of the molecule is O=C1C=CC(=O)N1O[P+](=O)ON1C(=O)C=CC1=O. The lowest BCUT2D eigenvalue weighted by Crippen LogP contribution is -2.31.